The third-order valence-electron chi connectivity index (χ3n) is 2.95. The molecule has 21 heavy (non-hydrogen) atoms. The first kappa shape index (κ1) is 14.8. The van der Waals surface area contributed by atoms with Crippen LogP contribution >= 0.6 is 39.1 Å². The van der Waals surface area contributed by atoms with E-state index in [1.807, 2.05) is 6.07 Å². The van der Waals surface area contributed by atoms with E-state index < -0.39 is 5.82 Å². The first-order valence-electron chi connectivity index (χ1n) is 6.10. The molecular formula is C14H9BrCl2FN3. The Bertz CT molecular complexity index is 812. The number of halogens is 4. The van der Waals surface area contributed by atoms with Gasteiger partial charge < -0.3 is 0 Å². The largest absolute Gasteiger partial charge is 0.279 e. The van der Waals surface area contributed by atoms with E-state index in [9.17, 15) is 4.39 Å². The van der Waals surface area contributed by atoms with Crippen molar-refractivity contribution in [2.24, 2.45) is 0 Å². The Labute approximate surface area is 138 Å². The van der Waals surface area contributed by atoms with Crippen molar-refractivity contribution in [1.29, 1.82) is 0 Å². The van der Waals surface area contributed by atoms with Crippen molar-refractivity contribution in [3.8, 4) is 5.69 Å². The summed E-state index contributed by atoms with van der Waals surface area (Å²) in [4.78, 5) is 8.83. The van der Waals surface area contributed by atoms with Gasteiger partial charge in [0.1, 0.15) is 17.2 Å². The quantitative estimate of drug-likeness (QED) is 0.559. The molecule has 3 nitrogen and oxygen atoms in total. The zero-order chi connectivity index (χ0) is 15.1. The Hall–Kier alpha value is -1.17. The molecule has 108 valence electrons. The second-order valence-corrected chi connectivity index (χ2v) is 6.55. The summed E-state index contributed by atoms with van der Waals surface area (Å²) in [6, 6.07) is 6.11. The molecular weight excluding hydrogens is 380 g/mol. The van der Waals surface area contributed by atoms with Crippen LogP contribution in [-0.4, -0.2) is 14.5 Å². The number of alkyl halides is 1. The lowest BCUT2D eigenvalue weighted by Gasteiger charge is -2.10. The van der Waals surface area contributed by atoms with Gasteiger partial charge in [-0.1, -0.05) is 11.6 Å². The maximum absolute atomic E-state index is 13.6. The fourth-order valence-corrected chi connectivity index (χ4v) is 2.83. The van der Waals surface area contributed by atoms with E-state index in [0.29, 0.717) is 27.7 Å². The summed E-state index contributed by atoms with van der Waals surface area (Å²) in [7, 11) is 0. The van der Waals surface area contributed by atoms with Crippen LogP contribution in [0.5, 0.6) is 0 Å². The van der Waals surface area contributed by atoms with Crippen molar-refractivity contribution in [3.63, 3.8) is 0 Å². The molecule has 0 spiro atoms. The molecule has 0 fully saturated rings. The van der Waals surface area contributed by atoms with Crippen molar-refractivity contribution < 1.29 is 4.39 Å². The van der Waals surface area contributed by atoms with E-state index in [-0.39, 0.29) is 5.38 Å². The fourth-order valence-electron chi connectivity index (χ4n) is 2.15. The van der Waals surface area contributed by atoms with Crippen molar-refractivity contribution in [2.45, 2.75) is 12.3 Å². The SMILES string of the molecule is CC(Cl)c1nc2cc(Br)cnc2n1-c1cc(F)cc(Cl)c1. The number of imidazole rings is 1. The third-order valence-corrected chi connectivity index (χ3v) is 3.80. The zero-order valence-corrected chi connectivity index (χ0v) is 13.9. The van der Waals surface area contributed by atoms with E-state index in [2.05, 4.69) is 25.9 Å². The number of benzene rings is 1. The topological polar surface area (TPSA) is 30.7 Å². The van der Waals surface area contributed by atoms with Crippen LogP contribution < -0.4 is 0 Å². The van der Waals surface area contributed by atoms with E-state index in [0.717, 1.165) is 4.47 Å². The molecule has 0 saturated carbocycles. The lowest BCUT2D eigenvalue weighted by atomic mass is 10.3. The van der Waals surface area contributed by atoms with Gasteiger partial charge in [-0.05, 0) is 47.1 Å². The predicted molar refractivity (Wildman–Crippen MR) is 85.8 cm³/mol. The maximum atomic E-state index is 13.6. The molecule has 0 N–H and O–H groups in total. The molecule has 1 aromatic carbocycles. The van der Waals surface area contributed by atoms with Crippen molar-refractivity contribution >= 4 is 50.3 Å². The molecule has 1 atom stereocenters. The molecule has 3 rings (SSSR count). The van der Waals surface area contributed by atoms with Crippen LogP contribution in [0.2, 0.25) is 5.02 Å². The minimum atomic E-state index is -0.426. The highest BCUT2D eigenvalue weighted by Crippen LogP contribution is 2.29. The fraction of sp³-hybridized carbons (Fsp3) is 0.143. The standard InChI is InChI=1S/C14H9BrCl2FN3/c1-7(16)13-20-12-2-8(15)6-19-14(12)21(13)11-4-9(17)3-10(18)5-11/h2-7H,1H3. The van der Waals surface area contributed by atoms with Gasteiger partial charge in [-0.25, -0.2) is 14.4 Å². The highest BCUT2D eigenvalue weighted by atomic mass is 79.9. The van der Waals surface area contributed by atoms with Crippen molar-refractivity contribution in [3.05, 3.63) is 51.6 Å². The summed E-state index contributed by atoms with van der Waals surface area (Å²) in [5.41, 5.74) is 1.81. The molecule has 0 aliphatic heterocycles. The highest BCUT2D eigenvalue weighted by Gasteiger charge is 2.18. The second kappa shape index (κ2) is 5.55. The van der Waals surface area contributed by atoms with E-state index >= 15 is 0 Å². The number of hydrogen-bond acceptors (Lipinski definition) is 2. The molecule has 0 saturated heterocycles. The van der Waals surface area contributed by atoms with Gasteiger partial charge in [-0.2, -0.15) is 0 Å². The number of fused-ring (bicyclic) bond motifs is 1. The molecule has 0 aliphatic rings. The summed E-state index contributed by atoms with van der Waals surface area (Å²) >= 11 is 15.5. The minimum Gasteiger partial charge on any atom is -0.279 e. The lowest BCUT2D eigenvalue weighted by Crippen LogP contribution is -2.03. The summed E-state index contributed by atoms with van der Waals surface area (Å²) < 4.78 is 16.2. The van der Waals surface area contributed by atoms with Gasteiger partial charge in [0.15, 0.2) is 5.65 Å². The van der Waals surface area contributed by atoms with Crippen LogP contribution in [0.25, 0.3) is 16.9 Å². The Morgan fingerprint density at radius 1 is 1.29 bits per heavy atom. The Balaban J connectivity index is 2.36. The van der Waals surface area contributed by atoms with E-state index in [1.54, 1.807) is 23.8 Å². The van der Waals surface area contributed by atoms with Crippen molar-refractivity contribution in [1.82, 2.24) is 14.5 Å². The molecule has 0 amide bonds. The van der Waals surface area contributed by atoms with E-state index in [4.69, 9.17) is 23.2 Å². The highest BCUT2D eigenvalue weighted by molar-refractivity contribution is 9.10. The molecule has 3 aromatic rings. The molecule has 7 heteroatoms. The number of rotatable bonds is 2. The van der Waals surface area contributed by atoms with Crippen LogP contribution in [0.1, 0.15) is 18.1 Å². The molecule has 0 bridgehead atoms. The summed E-state index contributed by atoms with van der Waals surface area (Å²) in [5.74, 6) is 0.156. The van der Waals surface area contributed by atoms with Gasteiger partial charge in [-0.15, -0.1) is 11.6 Å². The Morgan fingerprint density at radius 3 is 2.71 bits per heavy atom. The van der Waals surface area contributed by atoms with Gasteiger partial charge in [0.25, 0.3) is 0 Å². The number of aromatic nitrogens is 3. The van der Waals surface area contributed by atoms with Gasteiger partial charge in [0.05, 0.1) is 11.1 Å². The number of pyridine rings is 1. The summed E-state index contributed by atoms with van der Waals surface area (Å²) in [6.07, 6.45) is 1.66. The Kier molecular flexibility index (Phi) is 3.90. The van der Waals surface area contributed by atoms with Crippen LogP contribution in [0.3, 0.4) is 0 Å². The molecule has 2 heterocycles. The second-order valence-electron chi connectivity index (χ2n) is 4.55. The average molecular weight is 389 g/mol. The first-order valence-corrected chi connectivity index (χ1v) is 7.71. The smallest absolute Gasteiger partial charge is 0.164 e. The van der Waals surface area contributed by atoms with Crippen LogP contribution in [0, 0.1) is 5.82 Å². The molecule has 2 aromatic heterocycles. The minimum absolute atomic E-state index is 0.303. The first-order chi connectivity index (χ1) is 9.95. The normalized spacial score (nSPS) is 12.8. The van der Waals surface area contributed by atoms with Crippen molar-refractivity contribution in [2.75, 3.05) is 0 Å². The lowest BCUT2D eigenvalue weighted by molar-refractivity contribution is 0.626. The molecule has 0 aliphatic carbocycles. The van der Waals surface area contributed by atoms with Crippen LogP contribution in [-0.2, 0) is 0 Å². The van der Waals surface area contributed by atoms with Gasteiger partial charge >= 0.3 is 0 Å². The molecule has 0 radical (unpaired) electrons. The number of nitrogens with zero attached hydrogens (tertiary/aromatic N) is 3. The van der Waals surface area contributed by atoms with Gasteiger partial charge in [0, 0.05) is 15.7 Å². The summed E-state index contributed by atoms with van der Waals surface area (Å²) in [6.45, 7) is 1.80. The zero-order valence-electron chi connectivity index (χ0n) is 10.8. The number of hydrogen-bond donors (Lipinski definition) is 0. The van der Waals surface area contributed by atoms with Gasteiger partial charge in [0.2, 0.25) is 0 Å². The third kappa shape index (κ3) is 2.78. The molecule has 1 unspecified atom stereocenters. The van der Waals surface area contributed by atoms with Crippen LogP contribution in [0.15, 0.2) is 34.9 Å². The predicted octanol–water partition coefficient (Wildman–Crippen LogP) is 5.28. The maximum Gasteiger partial charge on any atom is 0.164 e. The monoisotopic (exact) mass is 387 g/mol. The average Bonchev–Trinajstić information content (AvgIpc) is 2.76. The van der Waals surface area contributed by atoms with Gasteiger partial charge in [-0.3, -0.25) is 4.57 Å². The van der Waals surface area contributed by atoms with Crippen LogP contribution in [0.4, 0.5) is 4.39 Å². The Morgan fingerprint density at radius 2 is 2.05 bits per heavy atom. The van der Waals surface area contributed by atoms with E-state index in [1.165, 1.54) is 12.1 Å². The summed E-state index contributed by atoms with van der Waals surface area (Å²) in [5, 5.41) is -0.0582.